The summed E-state index contributed by atoms with van der Waals surface area (Å²) in [5.41, 5.74) is 0.858. The Morgan fingerprint density at radius 2 is 1.30 bits per heavy atom. The van der Waals surface area contributed by atoms with Crippen molar-refractivity contribution in [3.8, 4) is 0 Å². The highest BCUT2D eigenvalue weighted by atomic mass is 19.4. The van der Waals surface area contributed by atoms with E-state index in [1.165, 1.54) is 19.1 Å². The molecule has 0 aliphatic heterocycles. The Kier molecular flexibility index (Phi) is 5.69. The number of aryl methyl sites for hydroxylation is 1. The van der Waals surface area contributed by atoms with E-state index in [9.17, 15) is 27.6 Å². The van der Waals surface area contributed by atoms with Crippen LogP contribution in [0.1, 0.15) is 54.1 Å². The lowest BCUT2D eigenvalue weighted by atomic mass is 9.87. The predicted molar refractivity (Wildman–Crippen MR) is 105 cm³/mol. The molecule has 0 N–H and O–H groups in total. The molecule has 0 saturated heterocycles. The smallest absolute Gasteiger partial charge is 0.289 e. The van der Waals surface area contributed by atoms with E-state index in [1.54, 1.807) is 30.6 Å². The average Bonchev–Trinajstić information content (AvgIpc) is 2.72. The maximum Gasteiger partial charge on any atom is 0.416 e. The summed E-state index contributed by atoms with van der Waals surface area (Å²) in [4.78, 5) is 37.4. The van der Waals surface area contributed by atoms with Crippen LogP contribution in [0.25, 0.3) is 0 Å². The van der Waals surface area contributed by atoms with Crippen molar-refractivity contribution >= 4 is 17.9 Å². The molecular weight excluding hydrogens is 393 g/mol. The van der Waals surface area contributed by atoms with Gasteiger partial charge in [-0.1, -0.05) is 42.0 Å². The van der Waals surface area contributed by atoms with Crippen LogP contribution in [0.5, 0.6) is 0 Å². The van der Waals surface area contributed by atoms with Crippen LogP contribution in [0.4, 0.5) is 13.2 Å². The summed E-state index contributed by atoms with van der Waals surface area (Å²) in [6.07, 6.45) is -2.78. The lowest BCUT2D eigenvalue weighted by Gasteiger charge is -2.14. The van der Waals surface area contributed by atoms with E-state index in [0.29, 0.717) is 5.56 Å². The second-order valence-electron chi connectivity index (χ2n) is 6.86. The molecule has 0 heterocycles. The van der Waals surface area contributed by atoms with E-state index in [-0.39, 0.29) is 27.8 Å². The number of hydrogen-bond acceptors (Lipinski definition) is 3. The molecule has 151 valence electrons. The summed E-state index contributed by atoms with van der Waals surface area (Å²) < 4.78 is 38.4. The number of ketones is 2. The molecule has 3 nitrogen and oxygen atoms in total. The van der Waals surface area contributed by atoms with Gasteiger partial charge in [0.15, 0.2) is 11.6 Å². The molecule has 0 aliphatic rings. The molecule has 30 heavy (non-hydrogen) atoms. The van der Waals surface area contributed by atoms with Gasteiger partial charge in [-0.15, -0.1) is 0 Å². The number of hydrogen-bond donors (Lipinski definition) is 0. The third-order valence-corrected chi connectivity index (χ3v) is 4.83. The maximum absolute atomic E-state index is 13.2. The second-order valence-corrected chi connectivity index (χ2v) is 6.86. The normalized spacial score (nSPS) is 11.2. The van der Waals surface area contributed by atoms with Crippen LogP contribution >= 0.6 is 0 Å². The Morgan fingerprint density at radius 3 is 1.83 bits per heavy atom. The van der Waals surface area contributed by atoms with Crippen molar-refractivity contribution in [2.45, 2.75) is 20.0 Å². The van der Waals surface area contributed by atoms with Crippen molar-refractivity contribution in [2.75, 3.05) is 0 Å². The summed E-state index contributed by atoms with van der Waals surface area (Å²) in [6, 6.07) is 13.2. The third kappa shape index (κ3) is 4.08. The van der Waals surface area contributed by atoms with Gasteiger partial charge in [0, 0.05) is 27.8 Å². The highest BCUT2D eigenvalue weighted by Gasteiger charge is 2.30. The van der Waals surface area contributed by atoms with Gasteiger partial charge in [-0.2, -0.15) is 13.2 Å². The summed E-state index contributed by atoms with van der Waals surface area (Å²) >= 11 is 0. The molecule has 3 aromatic rings. The van der Waals surface area contributed by atoms with Gasteiger partial charge in [-0.25, -0.2) is 0 Å². The van der Waals surface area contributed by atoms with Crippen molar-refractivity contribution < 1.29 is 27.6 Å². The number of carbonyl (C=O) groups excluding carboxylic acids is 3. The summed E-state index contributed by atoms with van der Waals surface area (Å²) in [6.45, 7) is 3.40. The van der Waals surface area contributed by atoms with Gasteiger partial charge in [-0.05, 0) is 43.7 Å². The zero-order valence-electron chi connectivity index (χ0n) is 16.1. The Balaban J connectivity index is 2.11. The molecule has 0 saturated carbocycles. The first-order valence-electron chi connectivity index (χ1n) is 8.98. The fourth-order valence-electron chi connectivity index (χ4n) is 3.12. The van der Waals surface area contributed by atoms with Crippen molar-refractivity contribution in [3.63, 3.8) is 0 Å². The number of rotatable bonds is 5. The molecule has 0 amide bonds. The number of alkyl halides is 3. The van der Waals surface area contributed by atoms with Crippen LogP contribution in [0.15, 0.2) is 60.7 Å². The summed E-state index contributed by atoms with van der Waals surface area (Å²) in [5.74, 6) is -1.07. The quantitative estimate of drug-likeness (QED) is 0.542. The van der Waals surface area contributed by atoms with E-state index >= 15 is 0 Å². The maximum atomic E-state index is 13.2. The molecule has 3 aromatic carbocycles. The standard InChI is InChI=1S/C24H16F3O3/c1-14-3-5-17(6-4-14)23(30)21-15(2)18(13-28)9-12-20(21)22(29)16-7-10-19(11-8-16)24(25,26)27/h3-12H,1-2H3. The van der Waals surface area contributed by atoms with Crippen molar-refractivity contribution in [2.24, 2.45) is 0 Å². The minimum absolute atomic E-state index is 0.00295. The molecule has 0 aromatic heterocycles. The molecular formula is C24H16F3O3. The van der Waals surface area contributed by atoms with Gasteiger partial charge in [0.2, 0.25) is 6.29 Å². The second kappa shape index (κ2) is 8.06. The molecule has 1 radical (unpaired) electrons. The molecule has 0 bridgehead atoms. The third-order valence-electron chi connectivity index (χ3n) is 4.83. The monoisotopic (exact) mass is 409 g/mol. The van der Waals surface area contributed by atoms with Crippen molar-refractivity contribution in [1.82, 2.24) is 0 Å². The van der Waals surface area contributed by atoms with Crippen molar-refractivity contribution in [3.05, 3.63) is 105 Å². The van der Waals surface area contributed by atoms with Crippen LogP contribution in [-0.4, -0.2) is 17.9 Å². The van der Waals surface area contributed by atoms with Gasteiger partial charge in [-0.3, -0.25) is 14.4 Å². The van der Waals surface area contributed by atoms with Gasteiger partial charge < -0.3 is 0 Å². The molecule has 0 atom stereocenters. The first-order valence-corrected chi connectivity index (χ1v) is 8.98. The van der Waals surface area contributed by atoms with Crippen molar-refractivity contribution in [1.29, 1.82) is 0 Å². The molecule has 0 aliphatic carbocycles. The van der Waals surface area contributed by atoms with Gasteiger partial charge >= 0.3 is 6.18 Å². The average molecular weight is 409 g/mol. The first kappa shape index (κ1) is 21.2. The van der Waals surface area contributed by atoms with Gasteiger partial charge in [0.05, 0.1) is 5.56 Å². The summed E-state index contributed by atoms with van der Waals surface area (Å²) in [7, 11) is 0. The lowest BCUT2D eigenvalue weighted by molar-refractivity contribution is -0.137. The Morgan fingerprint density at radius 1 is 0.767 bits per heavy atom. The van der Waals surface area contributed by atoms with E-state index in [1.807, 2.05) is 6.92 Å². The molecule has 0 spiro atoms. The molecule has 3 rings (SSSR count). The van der Waals surface area contributed by atoms with E-state index < -0.39 is 23.3 Å². The fraction of sp³-hybridized carbons (Fsp3) is 0.125. The molecule has 0 fully saturated rings. The molecule has 6 heteroatoms. The van der Waals surface area contributed by atoms with Crippen LogP contribution in [0.3, 0.4) is 0 Å². The Bertz CT molecular complexity index is 1130. The zero-order chi connectivity index (χ0) is 22.1. The van der Waals surface area contributed by atoms with Crippen LogP contribution in [0, 0.1) is 13.8 Å². The minimum Gasteiger partial charge on any atom is -0.289 e. The Labute approximate surface area is 171 Å². The number of benzene rings is 3. The van der Waals surface area contributed by atoms with Gasteiger partial charge in [0.25, 0.3) is 0 Å². The summed E-state index contributed by atoms with van der Waals surface area (Å²) in [5, 5.41) is 0. The zero-order valence-corrected chi connectivity index (χ0v) is 16.1. The van der Waals surface area contributed by atoms with Gasteiger partial charge in [0.1, 0.15) is 0 Å². The van der Waals surface area contributed by atoms with Crippen LogP contribution < -0.4 is 0 Å². The highest BCUT2D eigenvalue weighted by Crippen LogP contribution is 2.30. The van der Waals surface area contributed by atoms with E-state index in [4.69, 9.17) is 0 Å². The fourth-order valence-corrected chi connectivity index (χ4v) is 3.12. The van der Waals surface area contributed by atoms with Crippen LogP contribution in [-0.2, 0) is 11.0 Å². The number of halogens is 3. The van der Waals surface area contributed by atoms with E-state index in [0.717, 1.165) is 29.8 Å². The lowest BCUT2D eigenvalue weighted by Crippen LogP contribution is -2.15. The first-order chi connectivity index (χ1) is 14.1. The number of carbonyl (C=O) groups is 2. The predicted octanol–water partition coefficient (Wildman–Crippen LogP) is 5.24. The Hall–Kier alpha value is -3.54. The topological polar surface area (TPSA) is 51.2 Å². The largest absolute Gasteiger partial charge is 0.416 e. The SMILES string of the molecule is Cc1ccc(C(=O)c2c(C(=O)c3ccc(C(F)(F)F)cc3)ccc([C]=O)c2C)cc1. The molecule has 0 unspecified atom stereocenters. The highest BCUT2D eigenvalue weighted by molar-refractivity contribution is 6.20. The van der Waals surface area contributed by atoms with E-state index in [2.05, 4.69) is 0 Å². The van der Waals surface area contributed by atoms with Crippen LogP contribution in [0.2, 0.25) is 0 Å². The minimum atomic E-state index is -4.52.